The van der Waals surface area contributed by atoms with E-state index < -0.39 is 0 Å². The van der Waals surface area contributed by atoms with Crippen LogP contribution in [0.25, 0.3) is 22.1 Å². The van der Waals surface area contributed by atoms with Crippen LogP contribution in [0, 0.1) is 6.92 Å². The lowest BCUT2D eigenvalue weighted by Crippen LogP contribution is -1.94. The van der Waals surface area contributed by atoms with Crippen molar-refractivity contribution in [3.05, 3.63) is 47.5 Å². The molecule has 0 N–H and O–H groups in total. The summed E-state index contributed by atoms with van der Waals surface area (Å²) in [6, 6.07) is 11.4. The summed E-state index contributed by atoms with van der Waals surface area (Å²) in [6.07, 6.45) is 0. The molecule has 88 valence electrons. The first-order chi connectivity index (χ1) is 8.63. The van der Waals surface area contributed by atoms with Crippen LogP contribution in [0.15, 0.2) is 36.4 Å². The van der Waals surface area contributed by atoms with E-state index in [-0.39, 0.29) is 5.78 Å². The van der Waals surface area contributed by atoms with E-state index in [2.05, 4.69) is 9.97 Å². The van der Waals surface area contributed by atoms with Crippen molar-refractivity contribution in [2.75, 3.05) is 0 Å². The molecule has 0 fully saturated rings. The molecule has 1 heterocycles. The highest BCUT2D eigenvalue weighted by Gasteiger charge is 2.05. The minimum Gasteiger partial charge on any atom is -0.295 e. The van der Waals surface area contributed by atoms with E-state index in [0.717, 1.165) is 27.6 Å². The van der Waals surface area contributed by atoms with Gasteiger partial charge in [0.05, 0.1) is 22.1 Å². The molecule has 0 unspecified atom stereocenters. The van der Waals surface area contributed by atoms with Crippen molar-refractivity contribution in [2.24, 2.45) is 0 Å². The van der Waals surface area contributed by atoms with E-state index in [1.165, 1.54) is 0 Å². The van der Waals surface area contributed by atoms with E-state index >= 15 is 0 Å². The molecule has 3 rings (SSSR count). The molecule has 0 saturated heterocycles. The van der Waals surface area contributed by atoms with Gasteiger partial charge in [0.15, 0.2) is 5.78 Å². The molecule has 3 heteroatoms. The maximum absolute atomic E-state index is 11.4. The molecule has 1 aromatic heterocycles. The second-order valence-electron chi connectivity index (χ2n) is 4.48. The quantitative estimate of drug-likeness (QED) is 0.481. The third-order valence-corrected chi connectivity index (χ3v) is 2.99. The first kappa shape index (κ1) is 10.8. The van der Waals surface area contributed by atoms with E-state index in [9.17, 15) is 4.79 Å². The minimum atomic E-state index is 0.0445. The SMILES string of the molecule is CC(=O)c1ccc2nc3ccc(C)cc3nc2c1. The van der Waals surface area contributed by atoms with Gasteiger partial charge in [-0.05, 0) is 49.7 Å². The molecular weight excluding hydrogens is 224 g/mol. The van der Waals surface area contributed by atoms with Gasteiger partial charge in [-0.3, -0.25) is 4.79 Å². The van der Waals surface area contributed by atoms with E-state index in [1.54, 1.807) is 19.1 Å². The average molecular weight is 236 g/mol. The summed E-state index contributed by atoms with van der Waals surface area (Å²) in [5.74, 6) is 0.0445. The van der Waals surface area contributed by atoms with Crippen molar-refractivity contribution in [2.45, 2.75) is 13.8 Å². The number of carbonyl (C=O) groups excluding carboxylic acids is 1. The van der Waals surface area contributed by atoms with Gasteiger partial charge in [0.1, 0.15) is 0 Å². The highest BCUT2D eigenvalue weighted by atomic mass is 16.1. The van der Waals surface area contributed by atoms with Crippen LogP contribution in [0.3, 0.4) is 0 Å². The summed E-state index contributed by atoms with van der Waals surface area (Å²) in [6.45, 7) is 3.58. The number of hydrogen-bond donors (Lipinski definition) is 0. The fraction of sp³-hybridized carbons (Fsp3) is 0.133. The van der Waals surface area contributed by atoms with Gasteiger partial charge in [0.2, 0.25) is 0 Å². The Kier molecular flexibility index (Phi) is 2.33. The second-order valence-corrected chi connectivity index (χ2v) is 4.48. The van der Waals surface area contributed by atoms with E-state index in [1.807, 2.05) is 31.2 Å². The number of ketones is 1. The van der Waals surface area contributed by atoms with Crippen molar-refractivity contribution in [1.82, 2.24) is 9.97 Å². The Bertz CT molecular complexity index is 778. The molecule has 3 aromatic rings. The average Bonchev–Trinajstić information content (AvgIpc) is 2.35. The number of aromatic nitrogens is 2. The predicted molar refractivity (Wildman–Crippen MR) is 71.8 cm³/mol. The van der Waals surface area contributed by atoms with Gasteiger partial charge in [0.25, 0.3) is 0 Å². The van der Waals surface area contributed by atoms with Crippen molar-refractivity contribution < 1.29 is 4.79 Å². The normalized spacial score (nSPS) is 11.0. The van der Waals surface area contributed by atoms with Crippen molar-refractivity contribution in [3.8, 4) is 0 Å². The van der Waals surface area contributed by atoms with Crippen molar-refractivity contribution in [1.29, 1.82) is 0 Å². The molecule has 0 aliphatic carbocycles. The fourth-order valence-corrected chi connectivity index (χ4v) is 2.00. The van der Waals surface area contributed by atoms with E-state index in [0.29, 0.717) is 5.56 Å². The van der Waals surface area contributed by atoms with Gasteiger partial charge in [-0.2, -0.15) is 0 Å². The molecule has 0 aliphatic rings. The number of rotatable bonds is 1. The maximum atomic E-state index is 11.4. The third kappa shape index (κ3) is 1.74. The Morgan fingerprint density at radius 2 is 1.50 bits per heavy atom. The van der Waals surface area contributed by atoms with Gasteiger partial charge >= 0.3 is 0 Å². The monoisotopic (exact) mass is 236 g/mol. The Morgan fingerprint density at radius 1 is 0.889 bits per heavy atom. The van der Waals surface area contributed by atoms with Gasteiger partial charge < -0.3 is 0 Å². The van der Waals surface area contributed by atoms with Gasteiger partial charge in [0, 0.05) is 5.56 Å². The molecule has 0 amide bonds. The van der Waals surface area contributed by atoms with Crippen LogP contribution >= 0.6 is 0 Å². The molecule has 2 aromatic carbocycles. The zero-order valence-electron chi connectivity index (χ0n) is 10.3. The molecule has 0 saturated carbocycles. The molecule has 0 bridgehead atoms. The molecule has 3 nitrogen and oxygen atoms in total. The van der Waals surface area contributed by atoms with Crippen LogP contribution in [0.4, 0.5) is 0 Å². The number of fused-ring (bicyclic) bond motifs is 2. The first-order valence-electron chi connectivity index (χ1n) is 5.82. The number of Topliss-reactive ketones (excluding diaryl/α,β-unsaturated/α-hetero) is 1. The number of benzene rings is 2. The number of hydrogen-bond acceptors (Lipinski definition) is 3. The topological polar surface area (TPSA) is 42.9 Å². The Hall–Kier alpha value is -2.29. The zero-order chi connectivity index (χ0) is 12.7. The van der Waals surface area contributed by atoms with Crippen LogP contribution in [-0.2, 0) is 0 Å². The van der Waals surface area contributed by atoms with Crippen LogP contribution in [0.1, 0.15) is 22.8 Å². The van der Waals surface area contributed by atoms with Gasteiger partial charge in [-0.15, -0.1) is 0 Å². The van der Waals surface area contributed by atoms with E-state index in [4.69, 9.17) is 0 Å². The number of aryl methyl sites for hydroxylation is 1. The van der Waals surface area contributed by atoms with Crippen LogP contribution in [0.2, 0.25) is 0 Å². The molecule has 0 spiro atoms. The molecule has 18 heavy (non-hydrogen) atoms. The summed E-state index contributed by atoms with van der Waals surface area (Å²) in [5, 5.41) is 0. The molecule has 0 aliphatic heterocycles. The summed E-state index contributed by atoms with van der Waals surface area (Å²) in [7, 11) is 0. The first-order valence-corrected chi connectivity index (χ1v) is 5.82. The summed E-state index contributed by atoms with van der Waals surface area (Å²) in [5.41, 5.74) is 5.15. The summed E-state index contributed by atoms with van der Waals surface area (Å²) in [4.78, 5) is 20.5. The largest absolute Gasteiger partial charge is 0.295 e. The van der Waals surface area contributed by atoms with Gasteiger partial charge in [-0.25, -0.2) is 9.97 Å². The van der Waals surface area contributed by atoms with Gasteiger partial charge in [-0.1, -0.05) is 6.07 Å². The Morgan fingerprint density at radius 3 is 2.22 bits per heavy atom. The lowest BCUT2D eigenvalue weighted by atomic mass is 10.1. The minimum absolute atomic E-state index is 0.0445. The zero-order valence-corrected chi connectivity index (χ0v) is 10.3. The molecule has 0 radical (unpaired) electrons. The Balaban J connectivity index is 2.35. The highest BCUT2D eigenvalue weighted by Crippen LogP contribution is 2.18. The molecule has 0 atom stereocenters. The summed E-state index contributed by atoms with van der Waals surface area (Å²) < 4.78 is 0. The smallest absolute Gasteiger partial charge is 0.159 e. The van der Waals surface area contributed by atoms with Crippen LogP contribution in [0.5, 0.6) is 0 Å². The number of nitrogens with zero attached hydrogens (tertiary/aromatic N) is 2. The maximum Gasteiger partial charge on any atom is 0.159 e. The lowest BCUT2D eigenvalue weighted by molar-refractivity contribution is 0.101. The second kappa shape index (κ2) is 3.88. The fourth-order valence-electron chi connectivity index (χ4n) is 2.00. The number of carbonyl (C=O) groups is 1. The molecular formula is C15H12N2O. The third-order valence-electron chi connectivity index (χ3n) is 2.99. The highest BCUT2D eigenvalue weighted by molar-refractivity contribution is 5.98. The lowest BCUT2D eigenvalue weighted by Gasteiger charge is -2.03. The standard InChI is InChI=1S/C15H12N2O/c1-9-3-5-12-14(7-9)17-15-8-11(10(2)18)4-6-13(15)16-12/h3-8H,1-2H3. The Labute approximate surface area is 104 Å². The van der Waals surface area contributed by atoms with Crippen molar-refractivity contribution >= 4 is 27.9 Å². The predicted octanol–water partition coefficient (Wildman–Crippen LogP) is 3.29. The van der Waals surface area contributed by atoms with Crippen LogP contribution in [-0.4, -0.2) is 15.8 Å². The van der Waals surface area contributed by atoms with Crippen LogP contribution < -0.4 is 0 Å². The van der Waals surface area contributed by atoms with Crippen molar-refractivity contribution in [3.63, 3.8) is 0 Å². The summed E-state index contributed by atoms with van der Waals surface area (Å²) >= 11 is 0.